The van der Waals surface area contributed by atoms with Crippen LogP contribution < -0.4 is 5.32 Å². The Kier molecular flexibility index (Phi) is 5.64. The lowest BCUT2D eigenvalue weighted by atomic mass is 10.1. The summed E-state index contributed by atoms with van der Waals surface area (Å²) >= 11 is 0. The van der Waals surface area contributed by atoms with Crippen LogP contribution in [0.1, 0.15) is 29.4 Å². The third-order valence-corrected chi connectivity index (χ3v) is 3.80. The van der Waals surface area contributed by atoms with Crippen LogP contribution >= 0.6 is 0 Å². The predicted octanol–water partition coefficient (Wildman–Crippen LogP) is 1.65. The number of aliphatic hydroxyl groups excluding tert-OH is 1. The number of carbonyl (C=O) groups excluding carboxylic acids is 1. The number of nitrogens with zero attached hydrogens (tertiary/aromatic N) is 3. The quantitative estimate of drug-likeness (QED) is 0.591. The Morgan fingerprint density at radius 3 is 2.58 bits per heavy atom. The summed E-state index contributed by atoms with van der Waals surface area (Å²) in [5, 5.41) is 27.3. The van der Waals surface area contributed by atoms with E-state index in [1.165, 1.54) is 4.68 Å². The molecule has 8 heteroatoms. The van der Waals surface area contributed by atoms with Gasteiger partial charge in [0.15, 0.2) is 0 Å². The van der Waals surface area contributed by atoms with E-state index in [9.17, 15) is 20.0 Å². The number of hydrogen-bond donors (Lipinski definition) is 2. The summed E-state index contributed by atoms with van der Waals surface area (Å²) in [6.07, 6.45) is 0.114. The van der Waals surface area contributed by atoms with Gasteiger partial charge in [-0.3, -0.25) is 19.6 Å². The molecule has 0 saturated heterocycles. The third kappa shape index (κ3) is 3.96. The van der Waals surface area contributed by atoms with Crippen LogP contribution in [0.2, 0.25) is 0 Å². The van der Waals surface area contributed by atoms with Gasteiger partial charge in [-0.15, -0.1) is 0 Å². The van der Waals surface area contributed by atoms with Crippen molar-refractivity contribution in [2.24, 2.45) is 0 Å². The minimum Gasteiger partial charge on any atom is -0.394 e. The zero-order chi connectivity index (χ0) is 17.7. The highest BCUT2D eigenvalue weighted by atomic mass is 16.6. The van der Waals surface area contributed by atoms with Crippen LogP contribution in [0.3, 0.4) is 0 Å². The number of aryl methyl sites for hydroxylation is 2. The number of aliphatic hydroxyl groups is 1. The van der Waals surface area contributed by atoms with Crippen LogP contribution in [0, 0.1) is 24.0 Å². The zero-order valence-corrected chi connectivity index (χ0v) is 13.6. The van der Waals surface area contributed by atoms with Gasteiger partial charge in [0.1, 0.15) is 11.4 Å². The topological polar surface area (TPSA) is 110 Å². The van der Waals surface area contributed by atoms with Gasteiger partial charge >= 0.3 is 5.69 Å². The molecular weight excluding hydrogens is 312 g/mol. The molecule has 1 aromatic heterocycles. The van der Waals surface area contributed by atoms with E-state index >= 15 is 0 Å². The Morgan fingerprint density at radius 1 is 1.38 bits per heavy atom. The first kappa shape index (κ1) is 17.6. The molecule has 24 heavy (non-hydrogen) atoms. The maximum atomic E-state index is 12.1. The summed E-state index contributed by atoms with van der Waals surface area (Å²) in [5.74, 6) is -0.256. The lowest BCUT2D eigenvalue weighted by Gasteiger charge is -2.16. The van der Waals surface area contributed by atoms with Crippen LogP contribution in [0.25, 0.3) is 0 Å². The zero-order valence-electron chi connectivity index (χ0n) is 13.6. The SMILES string of the molecule is Cc1nn(CCC(=O)NC(CO)c2ccccc2)c(C)c1[N+](=O)[O-]. The van der Waals surface area contributed by atoms with Crippen molar-refractivity contribution in [3.8, 4) is 0 Å². The molecule has 1 aromatic carbocycles. The van der Waals surface area contributed by atoms with Gasteiger partial charge in [-0.2, -0.15) is 5.10 Å². The van der Waals surface area contributed by atoms with Crippen molar-refractivity contribution in [3.05, 3.63) is 57.4 Å². The van der Waals surface area contributed by atoms with Crippen molar-refractivity contribution in [3.63, 3.8) is 0 Å². The summed E-state index contributed by atoms with van der Waals surface area (Å²) in [5.41, 5.74) is 1.55. The van der Waals surface area contributed by atoms with E-state index in [-0.39, 0.29) is 31.2 Å². The average molecular weight is 332 g/mol. The fraction of sp³-hybridized carbons (Fsp3) is 0.375. The van der Waals surface area contributed by atoms with E-state index in [0.717, 1.165) is 5.56 Å². The van der Waals surface area contributed by atoms with Crippen LogP contribution in [-0.4, -0.2) is 32.3 Å². The molecule has 0 saturated carbocycles. The Labute approximate surface area is 139 Å². The molecule has 1 heterocycles. The van der Waals surface area contributed by atoms with E-state index in [2.05, 4.69) is 10.4 Å². The van der Waals surface area contributed by atoms with Crippen molar-refractivity contribution in [2.45, 2.75) is 32.9 Å². The number of amides is 1. The largest absolute Gasteiger partial charge is 0.394 e. The molecule has 2 N–H and O–H groups in total. The molecule has 2 aromatic rings. The second kappa shape index (κ2) is 7.69. The van der Waals surface area contributed by atoms with Gasteiger partial charge < -0.3 is 10.4 Å². The highest BCUT2D eigenvalue weighted by Gasteiger charge is 2.22. The van der Waals surface area contributed by atoms with Crippen molar-refractivity contribution >= 4 is 11.6 Å². The Morgan fingerprint density at radius 2 is 2.04 bits per heavy atom. The van der Waals surface area contributed by atoms with Crippen LogP contribution in [0.15, 0.2) is 30.3 Å². The lowest BCUT2D eigenvalue weighted by molar-refractivity contribution is -0.386. The molecule has 0 aliphatic rings. The van der Waals surface area contributed by atoms with Crippen molar-refractivity contribution in [1.29, 1.82) is 0 Å². The number of aromatic nitrogens is 2. The maximum absolute atomic E-state index is 12.1. The van der Waals surface area contributed by atoms with Crippen molar-refractivity contribution in [2.75, 3.05) is 6.61 Å². The van der Waals surface area contributed by atoms with E-state index in [0.29, 0.717) is 11.4 Å². The van der Waals surface area contributed by atoms with E-state index < -0.39 is 11.0 Å². The standard InChI is InChI=1S/C16H20N4O4/c1-11-16(20(23)24)12(2)19(18-11)9-8-15(22)17-14(10-21)13-6-4-3-5-7-13/h3-7,14,21H,8-10H2,1-2H3,(H,17,22). The van der Waals surface area contributed by atoms with E-state index in [1.807, 2.05) is 30.3 Å². The molecule has 1 unspecified atom stereocenters. The number of nitrogens with one attached hydrogen (secondary N) is 1. The van der Waals surface area contributed by atoms with Crippen molar-refractivity contribution < 1.29 is 14.8 Å². The number of rotatable bonds is 7. The molecule has 128 valence electrons. The maximum Gasteiger partial charge on any atom is 0.312 e. The molecule has 0 radical (unpaired) electrons. The average Bonchev–Trinajstić information content (AvgIpc) is 2.85. The highest BCUT2D eigenvalue weighted by molar-refractivity contribution is 5.76. The second-order valence-corrected chi connectivity index (χ2v) is 5.46. The molecule has 0 spiro atoms. The second-order valence-electron chi connectivity index (χ2n) is 5.46. The number of nitro groups is 1. The summed E-state index contributed by atoms with van der Waals surface area (Å²) in [4.78, 5) is 22.6. The first-order valence-electron chi connectivity index (χ1n) is 7.57. The highest BCUT2D eigenvalue weighted by Crippen LogP contribution is 2.22. The van der Waals surface area contributed by atoms with Gasteiger partial charge in [0.2, 0.25) is 5.91 Å². The number of benzene rings is 1. The van der Waals surface area contributed by atoms with Crippen molar-refractivity contribution in [1.82, 2.24) is 15.1 Å². The first-order valence-corrected chi connectivity index (χ1v) is 7.57. The van der Waals surface area contributed by atoms with Crippen LogP contribution in [0.5, 0.6) is 0 Å². The molecular formula is C16H20N4O4. The summed E-state index contributed by atoms with van der Waals surface area (Å²) < 4.78 is 1.46. The Balaban J connectivity index is 1.98. The minimum atomic E-state index is -0.478. The lowest BCUT2D eigenvalue weighted by Crippen LogP contribution is -2.31. The fourth-order valence-corrected chi connectivity index (χ4v) is 2.56. The predicted molar refractivity (Wildman–Crippen MR) is 87.4 cm³/mol. The molecule has 1 amide bonds. The van der Waals surface area contributed by atoms with Gasteiger partial charge in [0, 0.05) is 6.42 Å². The summed E-state index contributed by atoms with van der Waals surface area (Å²) in [6, 6.07) is 8.69. The summed E-state index contributed by atoms with van der Waals surface area (Å²) in [7, 11) is 0. The van der Waals surface area contributed by atoms with Crippen LogP contribution in [-0.2, 0) is 11.3 Å². The van der Waals surface area contributed by atoms with Gasteiger partial charge in [0.25, 0.3) is 0 Å². The third-order valence-electron chi connectivity index (χ3n) is 3.80. The van der Waals surface area contributed by atoms with Gasteiger partial charge in [-0.1, -0.05) is 30.3 Å². The van der Waals surface area contributed by atoms with Crippen LogP contribution in [0.4, 0.5) is 5.69 Å². The molecule has 0 bridgehead atoms. The Hall–Kier alpha value is -2.74. The molecule has 2 rings (SSSR count). The molecule has 0 aliphatic carbocycles. The Bertz CT molecular complexity index is 727. The fourth-order valence-electron chi connectivity index (χ4n) is 2.56. The summed E-state index contributed by atoms with van der Waals surface area (Å²) in [6.45, 7) is 3.20. The number of hydrogen-bond acceptors (Lipinski definition) is 5. The molecule has 0 aliphatic heterocycles. The van der Waals surface area contributed by atoms with Gasteiger partial charge in [-0.05, 0) is 19.4 Å². The van der Waals surface area contributed by atoms with E-state index in [1.54, 1.807) is 13.8 Å². The first-order chi connectivity index (χ1) is 11.4. The number of carbonyl (C=O) groups is 1. The normalized spacial score (nSPS) is 12.0. The smallest absolute Gasteiger partial charge is 0.312 e. The van der Waals surface area contributed by atoms with Gasteiger partial charge in [-0.25, -0.2) is 0 Å². The monoisotopic (exact) mass is 332 g/mol. The molecule has 8 nitrogen and oxygen atoms in total. The minimum absolute atomic E-state index is 0.0204. The van der Waals surface area contributed by atoms with Gasteiger partial charge in [0.05, 0.1) is 24.1 Å². The van der Waals surface area contributed by atoms with E-state index in [4.69, 9.17) is 0 Å². The molecule has 1 atom stereocenters. The molecule has 0 fully saturated rings.